The van der Waals surface area contributed by atoms with Gasteiger partial charge in [-0.3, -0.25) is 14.9 Å². The lowest BCUT2D eigenvalue weighted by Crippen LogP contribution is -2.24. The number of nitrogens with zero attached hydrogens (tertiary/aromatic N) is 2. The molecule has 3 N–H and O–H groups in total. The van der Waals surface area contributed by atoms with Gasteiger partial charge in [-0.15, -0.1) is 0 Å². The number of rotatable bonds is 5. The molecular weight excluding hydrogens is 380 g/mol. The van der Waals surface area contributed by atoms with Crippen LogP contribution < -0.4 is 5.32 Å². The van der Waals surface area contributed by atoms with Crippen molar-refractivity contribution < 1.29 is 27.5 Å². The Morgan fingerprint density at radius 2 is 2.00 bits per heavy atom. The quantitative estimate of drug-likeness (QED) is 0.580. The summed E-state index contributed by atoms with van der Waals surface area (Å²) in [6.45, 7) is 0.0541. The second-order valence-electron chi connectivity index (χ2n) is 5.90. The van der Waals surface area contributed by atoms with E-state index in [1.165, 1.54) is 12.1 Å². The molecule has 10 heteroatoms. The van der Waals surface area contributed by atoms with Crippen LogP contribution >= 0.6 is 0 Å². The second kappa shape index (κ2) is 7.77. The van der Waals surface area contributed by atoms with E-state index in [1.807, 2.05) is 0 Å². The number of halogens is 4. The lowest BCUT2D eigenvalue weighted by molar-refractivity contribution is -0.206. The zero-order chi connectivity index (χ0) is 20.3. The molecule has 3 aromatic rings. The average Bonchev–Trinajstić information content (AvgIpc) is 3.18. The highest BCUT2D eigenvalue weighted by Gasteiger charge is 2.39. The van der Waals surface area contributed by atoms with Crippen LogP contribution in [0.15, 0.2) is 48.8 Å². The summed E-state index contributed by atoms with van der Waals surface area (Å²) < 4.78 is 52.0. The molecule has 146 valence electrons. The largest absolute Gasteiger partial charge is 0.418 e. The SMILES string of the molecule is O=C(NCc1cc[nH]n1)c1cc(-c2ccc(F)cn2)cc(C(O)C(F)(F)F)c1. The van der Waals surface area contributed by atoms with Crippen molar-refractivity contribution in [3.8, 4) is 11.3 Å². The fourth-order valence-electron chi connectivity index (χ4n) is 2.49. The van der Waals surface area contributed by atoms with Crippen molar-refractivity contribution in [1.82, 2.24) is 20.5 Å². The highest BCUT2D eigenvalue weighted by atomic mass is 19.4. The number of benzene rings is 1. The first-order chi connectivity index (χ1) is 13.2. The van der Waals surface area contributed by atoms with Crippen molar-refractivity contribution in [2.75, 3.05) is 0 Å². The number of aliphatic hydroxyl groups excluding tert-OH is 1. The minimum absolute atomic E-state index is 0.0541. The van der Waals surface area contributed by atoms with Gasteiger partial charge in [0.15, 0.2) is 6.10 Å². The van der Waals surface area contributed by atoms with Gasteiger partial charge in [-0.1, -0.05) is 0 Å². The first-order valence-electron chi connectivity index (χ1n) is 8.02. The second-order valence-corrected chi connectivity index (χ2v) is 5.90. The first kappa shape index (κ1) is 19.5. The molecule has 1 amide bonds. The normalized spacial score (nSPS) is 12.6. The molecule has 0 fully saturated rings. The molecule has 0 aliphatic heterocycles. The first-order valence-corrected chi connectivity index (χ1v) is 8.02. The third-order valence-electron chi connectivity index (χ3n) is 3.85. The Kier molecular flexibility index (Phi) is 5.41. The van der Waals surface area contributed by atoms with E-state index in [0.29, 0.717) is 5.69 Å². The van der Waals surface area contributed by atoms with Crippen molar-refractivity contribution in [2.24, 2.45) is 0 Å². The number of carbonyl (C=O) groups excluding carboxylic acids is 1. The summed E-state index contributed by atoms with van der Waals surface area (Å²) in [6.07, 6.45) is -5.25. The number of carbonyl (C=O) groups is 1. The van der Waals surface area contributed by atoms with Crippen LogP contribution in [0.25, 0.3) is 11.3 Å². The van der Waals surface area contributed by atoms with Crippen LogP contribution in [0.2, 0.25) is 0 Å². The third-order valence-corrected chi connectivity index (χ3v) is 3.85. The molecule has 0 aliphatic carbocycles. The molecule has 2 aromatic heterocycles. The van der Waals surface area contributed by atoms with Crippen molar-refractivity contribution in [3.05, 3.63) is 71.4 Å². The van der Waals surface area contributed by atoms with E-state index >= 15 is 0 Å². The fourth-order valence-corrected chi connectivity index (χ4v) is 2.49. The van der Waals surface area contributed by atoms with Gasteiger partial charge in [-0.25, -0.2) is 4.39 Å². The number of nitrogens with one attached hydrogen (secondary N) is 2. The van der Waals surface area contributed by atoms with E-state index < -0.39 is 29.6 Å². The number of H-pyrrole nitrogens is 1. The summed E-state index contributed by atoms with van der Waals surface area (Å²) in [5, 5.41) is 18.6. The van der Waals surface area contributed by atoms with E-state index in [-0.39, 0.29) is 23.4 Å². The summed E-state index contributed by atoms with van der Waals surface area (Å²) in [6, 6.07) is 7.30. The van der Waals surface area contributed by atoms with Gasteiger partial charge >= 0.3 is 6.18 Å². The number of aromatic amines is 1. The van der Waals surface area contributed by atoms with Crippen molar-refractivity contribution in [3.63, 3.8) is 0 Å². The molecule has 0 saturated heterocycles. The van der Waals surface area contributed by atoms with E-state index in [2.05, 4.69) is 20.5 Å². The molecule has 0 spiro atoms. The molecule has 1 unspecified atom stereocenters. The molecule has 0 radical (unpaired) electrons. The summed E-state index contributed by atoms with van der Waals surface area (Å²) in [7, 11) is 0. The number of aromatic nitrogens is 3. The van der Waals surface area contributed by atoms with Crippen molar-refractivity contribution in [1.29, 1.82) is 0 Å². The van der Waals surface area contributed by atoms with Gasteiger partial charge in [-0.2, -0.15) is 18.3 Å². The molecule has 3 rings (SSSR count). The highest BCUT2D eigenvalue weighted by Crippen LogP contribution is 2.34. The molecule has 6 nitrogen and oxygen atoms in total. The zero-order valence-corrected chi connectivity index (χ0v) is 14.2. The van der Waals surface area contributed by atoms with E-state index in [0.717, 1.165) is 24.4 Å². The monoisotopic (exact) mass is 394 g/mol. The number of aliphatic hydroxyl groups is 1. The van der Waals surface area contributed by atoms with Crippen LogP contribution in [0.1, 0.15) is 27.7 Å². The molecule has 0 bridgehead atoms. The van der Waals surface area contributed by atoms with Gasteiger partial charge in [0.25, 0.3) is 5.91 Å². The van der Waals surface area contributed by atoms with Crippen molar-refractivity contribution >= 4 is 5.91 Å². The minimum Gasteiger partial charge on any atom is -0.379 e. The molecular formula is C18H14F4N4O2. The fraction of sp³-hybridized carbons (Fsp3) is 0.167. The zero-order valence-electron chi connectivity index (χ0n) is 14.2. The van der Waals surface area contributed by atoms with E-state index in [4.69, 9.17) is 0 Å². The van der Waals surface area contributed by atoms with E-state index in [9.17, 15) is 27.5 Å². The van der Waals surface area contributed by atoms with Gasteiger partial charge in [-0.05, 0) is 42.0 Å². The maximum atomic E-state index is 13.1. The standard InChI is InChI=1S/C18H14F4N4O2/c19-13-1-2-15(23-8-13)10-5-11(16(27)18(20,21)22)7-12(6-10)17(28)24-9-14-3-4-25-26-14/h1-8,16,27H,9H2,(H,24,28)(H,25,26). The lowest BCUT2D eigenvalue weighted by atomic mass is 9.99. The van der Waals surface area contributed by atoms with Crippen LogP contribution in [0.4, 0.5) is 17.6 Å². The maximum absolute atomic E-state index is 13.1. The summed E-state index contributed by atoms with van der Waals surface area (Å²) in [5.74, 6) is -1.28. The lowest BCUT2D eigenvalue weighted by Gasteiger charge is -2.17. The van der Waals surface area contributed by atoms with Gasteiger partial charge in [0.2, 0.25) is 0 Å². The summed E-state index contributed by atoms with van der Waals surface area (Å²) in [4.78, 5) is 16.2. The predicted molar refractivity (Wildman–Crippen MR) is 90.4 cm³/mol. The summed E-state index contributed by atoms with van der Waals surface area (Å²) >= 11 is 0. The third kappa shape index (κ3) is 4.52. The molecule has 28 heavy (non-hydrogen) atoms. The Bertz CT molecular complexity index is 957. The Morgan fingerprint density at radius 1 is 1.21 bits per heavy atom. The predicted octanol–water partition coefficient (Wildman–Crippen LogP) is 3.14. The smallest absolute Gasteiger partial charge is 0.379 e. The minimum atomic E-state index is -4.92. The van der Waals surface area contributed by atoms with Gasteiger partial charge in [0.05, 0.1) is 24.1 Å². The van der Waals surface area contributed by atoms with Crippen LogP contribution in [-0.4, -0.2) is 32.4 Å². The number of amides is 1. The Morgan fingerprint density at radius 3 is 2.61 bits per heavy atom. The highest BCUT2D eigenvalue weighted by molar-refractivity contribution is 5.95. The van der Waals surface area contributed by atoms with Crippen LogP contribution in [-0.2, 0) is 6.54 Å². The van der Waals surface area contributed by atoms with Crippen LogP contribution in [0.5, 0.6) is 0 Å². The number of hydrogen-bond donors (Lipinski definition) is 3. The summed E-state index contributed by atoms with van der Waals surface area (Å²) in [5.41, 5.74) is 0.170. The molecule has 0 aliphatic rings. The van der Waals surface area contributed by atoms with Crippen molar-refractivity contribution in [2.45, 2.75) is 18.8 Å². The Balaban J connectivity index is 1.96. The Hall–Kier alpha value is -3.27. The average molecular weight is 394 g/mol. The Labute approximate surface area is 156 Å². The van der Waals surface area contributed by atoms with Crippen LogP contribution in [0.3, 0.4) is 0 Å². The van der Waals surface area contributed by atoms with Gasteiger partial charge in [0, 0.05) is 17.3 Å². The topological polar surface area (TPSA) is 90.9 Å². The molecule has 1 aromatic carbocycles. The number of hydrogen-bond acceptors (Lipinski definition) is 4. The van der Waals surface area contributed by atoms with E-state index in [1.54, 1.807) is 12.3 Å². The van der Waals surface area contributed by atoms with Crippen LogP contribution in [0, 0.1) is 5.82 Å². The maximum Gasteiger partial charge on any atom is 0.418 e. The molecule has 2 heterocycles. The van der Waals surface area contributed by atoms with Gasteiger partial charge in [0.1, 0.15) is 5.82 Å². The number of alkyl halides is 3. The molecule has 0 saturated carbocycles. The van der Waals surface area contributed by atoms with Gasteiger partial charge < -0.3 is 10.4 Å². The molecule has 1 atom stereocenters. The number of pyridine rings is 1.